The Morgan fingerprint density at radius 1 is 1.38 bits per heavy atom. The molecule has 2 aliphatic rings. The summed E-state index contributed by atoms with van der Waals surface area (Å²) in [6.07, 6.45) is 4.95. The molecular formula is C18H26ClFN2O2. The Bertz CT molecular complexity index is 532. The lowest BCUT2D eigenvalue weighted by atomic mass is 9.91. The molecule has 1 aliphatic carbocycles. The third-order valence-corrected chi connectivity index (χ3v) is 4.83. The minimum Gasteiger partial charge on any atom is -0.378 e. The fraction of sp³-hybridized carbons (Fsp3) is 0.611. The van der Waals surface area contributed by atoms with Gasteiger partial charge in [-0.25, -0.2) is 4.39 Å². The molecule has 1 heterocycles. The highest BCUT2D eigenvalue weighted by molar-refractivity contribution is 5.85. The van der Waals surface area contributed by atoms with Gasteiger partial charge in [-0.2, -0.15) is 0 Å². The molecule has 134 valence electrons. The van der Waals surface area contributed by atoms with Crippen LogP contribution in [0.1, 0.15) is 43.7 Å². The van der Waals surface area contributed by atoms with Crippen LogP contribution in [-0.2, 0) is 9.53 Å². The van der Waals surface area contributed by atoms with Gasteiger partial charge in [-0.1, -0.05) is 25.0 Å². The molecule has 1 aromatic carbocycles. The summed E-state index contributed by atoms with van der Waals surface area (Å²) in [5.74, 6) is 0.160. The van der Waals surface area contributed by atoms with Crippen LogP contribution >= 0.6 is 12.4 Å². The highest BCUT2D eigenvalue weighted by Crippen LogP contribution is 2.36. The number of carbonyl (C=O) groups is 1. The normalized spacial score (nSPS) is 22.6. The number of halogens is 2. The van der Waals surface area contributed by atoms with E-state index in [0.29, 0.717) is 25.6 Å². The number of rotatable bonds is 5. The number of nitrogens with one attached hydrogen (secondary N) is 2. The zero-order valence-corrected chi connectivity index (χ0v) is 14.6. The molecule has 1 aliphatic heterocycles. The number of hydrogen-bond acceptors (Lipinski definition) is 3. The average Bonchev–Trinajstić information content (AvgIpc) is 3.08. The molecule has 2 fully saturated rings. The van der Waals surface area contributed by atoms with Gasteiger partial charge in [-0.15, -0.1) is 12.4 Å². The van der Waals surface area contributed by atoms with Crippen LogP contribution in [0, 0.1) is 11.7 Å². The number of ether oxygens (including phenoxy) is 1. The van der Waals surface area contributed by atoms with Gasteiger partial charge in [0.25, 0.3) is 0 Å². The first-order valence-electron chi connectivity index (χ1n) is 8.58. The van der Waals surface area contributed by atoms with Crippen molar-refractivity contribution in [2.45, 2.75) is 44.2 Å². The van der Waals surface area contributed by atoms with Crippen molar-refractivity contribution in [1.82, 2.24) is 10.6 Å². The average molecular weight is 357 g/mol. The van der Waals surface area contributed by atoms with E-state index in [9.17, 15) is 9.18 Å². The van der Waals surface area contributed by atoms with E-state index in [1.54, 1.807) is 12.1 Å². The highest BCUT2D eigenvalue weighted by atomic mass is 35.5. The molecule has 3 rings (SSSR count). The molecule has 2 atom stereocenters. The number of amides is 1. The predicted molar refractivity (Wildman–Crippen MR) is 93.7 cm³/mol. The van der Waals surface area contributed by atoms with Gasteiger partial charge < -0.3 is 15.4 Å². The van der Waals surface area contributed by atoms with Crippen LogP contribution < -0.4 is 10.6 Å². The first kappa shape index (κ1) is 19.2. The van der Waals surface area contributed by atoms with Crippen LogP contribution in [0.5, 0.6) is 0 Å². The van der Waals surface area contributed by atoms with Gasteiger partial charge >= 0.3 is 0 Å². The Hall–Kier alpha value is -1.17. The van der Waals surface area contributed by atoms with Gasteiger partial charge in [0.2, 0.25) is 5.91 Å². The van der Waals surface area contributed by atoms with E-state index in [-0.39, 0.29) is 36.2 Å². The smallest absolute Gasteiger partial charge is 0.222 e. The fourth-order valence-corrected chi connectivity index (χ4v) is 3.67. The van der Waals surface area contributed by atoms with E-state index in [2.05, 4.69) is 10.6 Å². The van der Waals surface area contributed by atoms with Crippen molar-refractivity contribution in [2.75, 3.05) is 19.8 Å². The van der Waals surface area contributed by atoms with Crippen LogP contribution in [-0.4, -0.2) is 31.7 Å². The summed E-state index contributed by atoms with van der Waals surface area (Å²) in [5, 5.41) is 6.44. The Kier molecular flexibility index (Phi) is 7.46. The molecule has 1 amide bonds. The molecule has 24 heavy (non-hydrogen) atoms. The molecular weight excluding hydrogens is 331 g/mol. The SMILES string of the molecule is Cl.O=C(CC1COCCN1)NC(c1cccc(F)c1)C1CCCC1. The second-order valence-electron chi connectivity index (χ2n) is 6.57. The Morgan fingerprint density at radius 2 is 2.17 bits per heavy atom. The molecule has 2 N–H and O–H groups in total. The Labute approximate surface area is 148 Å². The topological polar surface area (TPSA) is 50.4 Å². The van der Waals surface area contributed by atoms with E-state index in [1.807, 2.05) is 6.07 Å². The molecule has 2 unspecified atom stereocenters. The second kappa shape index (κ2) is 9.35. The van der Waals surface area contributed by atoms with Crippen LogP contribution in [0.2, 0.25) is 0 Å². The van der Waals surface area contributed by atoms with Crippen molar-refractivity contribution in [3.05, 3.63) is 35.6 Å². The quantitative estimate of drug-likeness (QED) is 0.852. The van der Waals surface area contributed by atoms with E-state index >= 15 is 0 Å². The molecule has 1 saturated carbocycles. The Balaban J connectivity index is 0.00000208. The molecule has 1 aromatic rings. The van der Waals surface area contributed by atoms with Crippen LogP contribution in [0.15, 0.2) is 24.3 Å². The van der Waals surface area contributed by atoms with Crippen molar-refractivity contribution >= 4 is 18.3 Å². The number of carbonyl (C=O) groups excluding carboxylic acids is 1. The van der Waals surface area contributed by atoms with Gasteiger partial charge in [0.1, 0.15) is 5.82 Å². The second-order valence-corrected chi connectivity index (χ2v) is 6.57. The molecule has 4 nitrogen and oxygen atoms in total. The van der Waals surface area contributed by atoms with Crippen LogP contribution in [0.4, 0.5) is 4.39 Å². The van der Waals surface area contributed by atoms with Crippen molar-refractivity contribution < 1.29 is 13.9 Å². The predicted octanol–water partition coefficient (Wildman–Crippen LogP) is 2.97. The highest BCUT2D eigenvalue weighted by Gasteiger charge is 2.28. The van der Waals surface area contributed by atoms with E-state index in [4.69, 9.17) is 4.74 Å². The van der Waals surface area contributed by atoms with Gasteiger partial charge in [0.15, 0.2) is 0 Å². The summed E-state index contributed by atoms with van der Waals surface area (Å²) in [5.41, 5.74) is 0.873. The lowest BCUT2D eigenvalue weighted by Gasteiger charge is -2.28. The lowest BCUT2D eigenvalue weighted by Crippen LogP contribution is -2.45. The number of morpholine rings is 1. The monoisotopic (exact) mass is 356 g/mol. The summed E-state index contributed by atoms with van der Waals surface area (Å²) in [6, 6.07) is 6.60. The van der Waals surface area contributed by atoms with Crippen molar-refractivity contribution in [3.63, 3.8) is 0 Å². The van der Waals surface area contributed by atoms with Gasteiger partial charge in [-0.3, -0.25) is 4.79 Å². The standard InChI is InChI=1S/C18H25FN2O2.ClH/c19-15-7-3-6-14(10-15)18(13-4-1-2-5-13)21-17(22)11-16-12-23-9-8-20-16;/h3,6-7,10,13,16,18,20H,1-2,4-5,8-9,11-12H2,(H,21,22);1H. The van der Waals surface area contributed by atoms with Crippen molar-refractivity contribution in [2.24, 2.45) is 5.92 Å². The van der Waals surface area contributed by atoms with Crippen LogP contribution in [0.3, 0.4) is 0 Å². The molecule has 6 heteroatoms. The van der Waals surface area contributed by atoms with Crippen molar-refractivity contribution in [1.29, 1.82) is 0 Å². The maximum absolute atomic E-state index is 13.6. The fourth-order valence-electron chi connectivity index (χ4n) is 3.67. The van der Waals surface area contributed by atoms with E-state index in [0.717, 1.165) is 24.9 Å². The zero-order valence-electron chi connectivity index (χ0n) is 13.8. The van der Waals surface area contributed by atoms with Gasteiger partial charge in [-0.05, 0) is 36.5 Å². The lowest BCUT2D eigenvalue weighted by molar-refractivity contribution is -0.123. The molecule has 0 bridgehead atoms. The summed E-state index contributed by atoms with van der Waals surface area (Å²) < 4.78 is 19.0. The van der Waals surface area contributed by atoms with Crippen molar-refractivity contribution in [3.8, 4) is 0 Å². The minimum atomic E-state index is -0.248. The molecule has 0 spiro atoms. The Morgan fingerprint density at radius 3 is 2.83 bits per heavy atom. The summed E-state index contributed by atoms with van der Waals surface area (Å²) in [7, 11) is 0. The third kappa shape index (κ3) is 5.16. The first-order chi connectivity index (χ1) is 11.2. The maximum atomic E-state index is 13.6. The summed E-state index contributed by atoms with van der Waals surface area (Å²) in [4.78, 5) is 12.4. The molecule has 0 aromatic heterocycles. The summed E-state index contributed by atoms with van der Waals surface area (Å²) >= 11 is 0. The first-order valence-corrected chi connectivity index (χ1v) is 8.58. The van der Waals surface area contributed by atoms with Gasteiger partial charge in [0.05, 0.1) is 19.3 Å². The van der Waals surface area contributed by atoms with E-state index < -0.39 is 0 Å². The number of hydrogen-bond donors (Lipinski definition) is 2. The molecule has 1 saturated heterocycles. The van der Waals surface area contributed by atoms with Crippen LogP contribution in [0.25, 0.3) is 0 Å². The maximum Gasteiger partial charge on any atom is 0.222 e. The zero-order chi connectivity index (χ0) is 16.1. The van der Waals surface area contributed by atoms with Gasteiger partial charge in [0, 0.05) is 19.0 Å². The number of benzene rings is 1. The largest absolute Gasteiger partial charge is 0.378 e. The van der Waals surface area contributed by atoms with E-state index in [1.165, 1.54) is 18.9 Å². The third-order valence-electron chi connectivity index (χ3n) is 4.83. The summed E-state index contributed by atoms with van der Waals surface area (Å²) in [6.45, 7) is 2.06. The molecule has 0 radical (unpaired) electrons. The minimum absolute atomic E-state index is 0.